The molecule has 0 spiro atoms. The lowest BCUT2D eigenvalue weighted by molar-refractivity contribution is 0.0152. The Morgan fingerprint density at radius 1 is 1.22 bits per heavy atom. The van der Waals surface area contributed by atoms with Crippen molar-refractivity contribution in [2.24, 2.45) is 0 Å². The number of nitrogens with zero attached hydrogens (tertiary/aromatic N) is 2. The first-order chi connectivity index (χ1) is 11.1. The average molecular weight is 334 g/mol. The summed E-state index contributed by atoms with van der Waals surface area (Å²) >= 11 is 1.29. The van der Waals surface area contributed by atoms with Gasteiger partial charge in [0, 0.05) is 11.1 Å². The number of ether oxygens (including phenoxy) is 1. The molecule has 1 atom stereocenters. The van der Waals surface area contributed by atoms with Crippen LogP contribution in [0.1, 0.15) is 13.8 Å². The van der Waals surface area contributed by atoms with Crippen molar-refractivity contribution in [3.8, 4) is 11.7 Å². The van der Waals surface area contributed by atoms with Crippen molar-refractivity contribution in [1.82, 2.24) is 10.2 Å². The number of fused-ring (bicyclic) bond motifs is 1. The third-order valence-electron chi connectivity index (χ3n) is 3.06. The molecule has 7 heteroatoms. The second-order valence-corrected chi connectivity index (χ2v) is 6.34. The Bertz CT molecular complexity index is 735. The summed E-state index contributed by atoms with van der Waals surface area (Å²) in [6.07, 6.45) is -0.485. The molecule has 1 aromatic carbocycles. The Morgan fingerprint density at radius 2 is 2.04 bits per heavy atom. The van der Waals surface area contributed by atoms with E-state index < -0.39 is 6.10 Å². The van der Waals surface area contributed by atoms with Crippen LogP contribution in [-0.2, 0) is 4.74 Å². The first-order valence-electron chi connectivity index (χ1n) is 7.36. The summed E-state index contributed by atoms with van der Waals surface area (Å²) in [6, 6.07) is 9.56. The van der Waals surface area contributed by atoms with Crippen LogP contribution in [0, 0.1) is 0 Å². The fourth-order valence-electron chi connectivity index (χ4n) is 1.97. The molecule has 3 rings (SSSR count). The Labute approximate surface area is 137 Å². The molecule has 2 heterocycles. The van der Waals surface area contributed by atoms with Crippen molar-refractivity contribution < 1.29 is 18.7 Å². The van der Waals surface area contributed by atoms with Crippen molar-refractivity contribution in [2.75, 3.05) is 12.4 Å². The molecule has 0 aliphatic rings. The summed E-state index contributed by atoms with van der Waals surface area (Å²) in [7, 11) is 0. The number of rotatable bonds is 7. The minimum absolute atomic E-state index is 0.0951. The maximum absolute atomic E-state index is 9.82. The van der Waals surface area contributed by atoms with Crippen LogP contribution in [0.3, 0.4) is 0 Å². The Balaban J connectivity index is 1.61. The van der Waals surface area contributed by atoms with E-state index in [9.17, 15) is 5.11 Å². The second kappa shape index (κ2) is 7.16. The monoisotopic (exact) mass is 334 g/mol. The number of benzene rings is 1. The van der Waals surface area contributed by atoms with Gasteiger partial charge in [0.15, 0.2) is 5.76 Å². The maximum Gasteiger partial charge on any atom is 0.284 e. The lowest BCUT2D eigenvalue weighted by Gasteiger charge is -2.11. The Morgan fingerprint density at radius 3 is 2.83 bits per heavy atom. The zero-order chi connectivity index (χ0) is 16.2. The van der Waals surface area contributed by atoms with Crippen LogP contribution in [0.25, 0.3) is 22.6 Å². The molecule has 0 radical (unpaired) electrons. The van der Waals surface area contributed by atoms with Gasteiger partial charge in [-0.1, -0.05) is 30.0 Å². The third-order valence-corrected chi connectivity index (χ3v) is 4.03. The molecule has 2 aromatic heterocycles. The highest BCUT2D eigenvalue weighted by atomic mass is 32.2. The molecule has 0 saturated carbocycles. The van der Waals surface area contributed by atoms with Gasteiger partial charge in [-0.25, -0.2) is 0 Å². The molecule has 0 fully saturated rings. The van der Waals surface area contributed by atoms with Gasteiger partial charge in [-0.3, -0.25) is 0 Å². The summed E-state index contributed by atoms with van der Waals surface area (Å²) in [4.78, 5) is 0. The van der Waals surface area contributed by atoms with Crippen LogP contribution < -0.4 is 0 Å². The lowest BCUT2D eigenvalue weighted by atomic mass is 10.2. The second-order valence-electron chi connectivity index (χ2n) is 5.37. The average Bonchev–Trinajstić information content (AvgIpc) is 3.16. The molecule has 0 aliphatic carbocycles. The number of para-hydroxylation sites is 1. The summed E-state index contributed by atoms with van der Waals surface area (Å²) in [5.74, 6) is 1.29. The van der Waals surface area contributed by atoms with Gasteiger partial charge < -0.3 is 18.7 Å². The molecule has 0 aliphatic heterocycles. The summed E-state index contributed by atoms with van der Waals surface area (Å²) in [5.41, 5.74) is 0.774. The van der Waals surface area contributed by atoms with Gasteiger partial charge in [-0.05, 0) is 26.0 Å². The van der Waals surface area contributed by atoms with E-state index in [1.54, 1.807) is 0 Å². The van der Waals surface area contributed by atoms with Gasteiger partial charge in [0.05, 0.1) is 18.8 Å². The quantitative estimate of drug-likeness (QED) is 0.663. The van der Waals surface area contributed by atoms with Crippen LogP contribution in [0.15, 0.2) is 44.4 Å². The summed E-state index contributed by atoms with van der Waals surface area (Å²) in [6.45, 7) is 4.14. The third kappa shape index (κ3) is 4.13. The van der Waals surface area contributed by atoms with E-state index in [1.807, 2.05) is 44.2 Å². The summed E-state index contributed by atoms with van der Waals surface area (Å²) < 4.78 is 16.6. The molecule has 0 amide bonds. The highest BCUT2D eigenvalue weighted by molar-refractivity contribution is 7.99. The van der Waals surface area contributed by atoms with E-state index in [0.717, 1.165) is 11.0 Å². The SMILES string of the molecule is CC(C)OCC(O)CSc1nnc(-c2cc3ccccc3o2)o1. The van der Waals surface area contributed by atoms with Crippen LogP contribution in [0.2, 0.25) is 0 Å². The van der Waals surface area contributed by atoms with Gasteiger partial charge >= 0.3 is 0 Å². The standard InChI is InChI=1S/C16H18N2O4S/c1-10(2)20-8-12(19)9-23-16-18-17-15(22-16)14-7-11-5-3-4-6-13(11)21-14/h3-7,10,12,19H,8-9H2,1-2H3. The molecule has 1 N–H and O–H groups in total. The predicted octanol–water partition coefficient (Wildman–Crippen LogP) is 3.36. The molecule has 1 unspecified atom stereocenters. The van der Waals surface area contributed by atoms with Crippen molar-refractivity contribution in [3.05, 3.63) is 30.3 Å². The molecular weight excluding hydrogens is 316 g/mol. The summed E-state index contributed by atoms with van der Waals surface area (Å²) in [5, 5.41) is 19.2. The van der Waals surface area contributed by atoms with Crippen LogP contribution in [0.4, 0.5) is 0 Å². The van der Waals surface area contributed by atoms with Crippen molar-refractivity contribution in [1.29, 1.82) is 0 Å². The number of hydrogen-bond acceptors (Lipinski definition) is 7. The molecule has 0 bridgehead atoms. The molecular formula is C16H18N2O4S. The highest BCUT2D eigenvalue weighted by Gasteiger charge is 2.15. The smallest absolute Gasteiger partial charge is 0.284 e. The first-order valence-corrected chi connectivity index (χ1v) is 8.35. The highest BCUT2D eigenvalue weighted by Crippen LogP contribution is 2.28. The number of furan rings is 1. The fourth-order valence-corrected chi connectivity index (χ4v) is 2.64. The Hall–Kier alpha value is -1.83. The Kier molecular flexibility index (Phi) is 5.00. The number of aromatic nitrogens is 2. The van der Waals surface area contributed by atoms with Crippen molar-refractivity contribution in [3.63, 3.8) is 0 Å². The van der Waals surface area contributed by atoms with Gasteiger partial charge in [-0.15, -0.1) is 10.2 Å². The van der Waals surface area contributed by atoms with E-state index in [0.29, 0.717) is 22.6 Å². The van der Waals surface area contributed by atoms with E-state index in [2.05, 4.69) is 10.2 Å². The van der Waals surface area contributed by atoms with E-state index in [4.69, 9.17) is 13.6 Å². The number of aliphatic hydroxyl groups excluding tert-OH is 1. The molecule has 6 nitrogen and oxygen atoms in total. The van der Waals surface area contributed by atoms with Gasteiger partial charge in [0.1, 0.15) is 5.58 Å². The normalized spacial score (nSPS) is 13.0. The van der Waals surface area contributed by atoms with Crippen LogP contribution >= 0.6 is 11.8 Å². The molecule has 23 heavy (non-hydrogen) atoms. The topological polar surface area (TPSA) is 81.5 Å². The lowest BCUT2D eigenvalue weighted by Crippen LogP contribution is -2.20. The van der Waals surface area contributed by atoms with Gasteiger partial charge in [-0.2, -0.15) is 0 Å². The molecule has 3 aromatic rings. The minimum atomic E-state index is -0.580. The molecule has 0 saturated heterocycles. The van der Waals surface area contributed by atoms with Gasteiger partial charge in [0.25, 0.3) is 11.1 Å². The zero-order valence-electron chi connectivity index (χ0n) is 12.9. The number of thioether (sulfide) groups is 1. The zero-order valence-corrected chi connectivity index (χ0v) is 13.7. The van der Waals surface area contributed by atoms with E-state index in [1.165, 1.54) is 11.8 Å². The maximum atomic E-state index is 9.82. The molecule has 122 valence electrons. The van der Waals surface area contributed by atoms with E-state index in [-0.39, 0.29) is 12.7 Å². The van der Waals surface area contributed by atoms with E-state index >= 15 is 0 Å². The van der Waals surface area contributed by atoms with Crippen molar-refractivity contribution >= 4 is 22.7 Å². The minimum Gasteiger partial charge on any atom is -0.451 e. The fraction of sp³-hybridized carbons (Fsp3) is 0.375. The van der Waals surface area contributed by atoms with Crippen LogP contribution in [0.5, 0.6) is 0 Å². The predicted molar refractivity (Wildman–Crippen MR) is 87.3 cm³/mol. The number of hydrogen-bond donors (Lipinski definition) is 1. The van der Waals surface area contributed by atoms with Crippen molar-refractivity contribution in [2.45, 2.75) is 31.3 Å². The van der Waals surface area contributed by atoms with Gasteiger partial charge in [0.2, 0.25) is 0 Å². The van der Waals surface area contributed by atoms with Crippen LogP contribution in [-0.4, -0.2) is 39.9 Å². The largest absolute Gasteiger partial charge is 0.451 e. The number of aliphatic hydroxyl groups is 1. The first kappa shape index (κ1) is 16.0.